The van der Waals surface area contributed by atoms with E-state index in [0.717, 1.165) is 25.9 Å². The van der Waals surface area contributed by atoms with Gasteiger partial charge in [-0.15, -0.1) is 0 Å². The maximum absolute atomic E-state index is 12.6. The lowest BCUT2D eigenvalue weighted by Gasteiger charge is -2.30. The summed E-state index contributed by atoms with van der Waals surface area (Å²) in [4.78, 5) is 25.1. The molecule has 1 saturated heterocycles. The fourth-order valence-corrected chi connectivity index (χ4v) is 2.95. The summed E-state index contributed by atoms with van der Waals surface area (Å²) in [6, 6.07) is 7.20. The van der Waals surface area contributed by atoms with E-state index in [1.807, 2.05) is 12.1 Å². The van der Waals surface area contributed by atoms with Crippen LogP contribution in [0.1, 0.15) is 33.6 Å². The van der Waals surface area contributed by atoms with E-state index in [1.54, 1.807) is 12.1 Å². The van der Waals surface area contributed by atoms with Gasteiger partial charge in [-0.05, 0) is 31.5 Å². The lowest BCUT2D eigenvalue weighted by molar-refractivity contribution is -0.762. The topological polar surface area (TPSA) is 46.2 Å². The number of imide groups is 1. The summed E-state index contributed by atoms with van der Waals surface area (Å²) in [5.41, 5.74) is 1.20. The third-order valence-corrected chi connectivity index (χ3v) is 3.98. The largest absolute Gasteiger partial charge is 0.354 e. The fraction of sp³-hybridized carbons (Fsp3) is 0.429. The van der Waals surface area contributed by atoms with Crippen molar-refractivity contribution in [1.29, 1.82) is 0 Å². The molecular weight excluding hydrogens is 228 g/mol. The summed E-state index contributed by atoms with van der Waals surface area (Å²) in [7, 11) is 0. The van der Waals surface area contributed by atoms with E-state index in [-0.39, 0.29) is 16.3 Å². The van der Waals surface area contributed by atoms with E-state index in [2.05, 4.69) is 5.32 Å². The zero-order valence-corrected chi connectivity index (χ0v) is 10.3. The van der Waals surface area contributed by atoms with Crippen molar-refractivity contribution in [2.24, 2.45) is 0 Å². The molecule has 1 fully saturated rings. The van der Waals surface area contributed by atoms with Crippen LogP contribution in [-0.4, -0.2) is 42.5 Å². The number of carbonyl (C=O) groups is 2. The number of amides is 2. The first-order valence-corrected chi connectivity index (χ1v) is 6.52. The zero-order chi connectivity index (χ0) is 12.6. The number of fused-ring (bicyclic) bond motifs is 1. The molecular formula is C14H17N2O2+. The van der Waals surface area contributed by atoms with E-state index in [1.165, 1.54) is 0 Å². The van der Waals surface area contributed by atoms with E-state index in [0.29, 0.717) is 24.2 Å². The molecule has 94 valence electrons. The Balaban J connectivity index is 2.03. The average molecular weight is 245 g/mol. The Hall–Kier alpha value is -1.52. The lowest BCUT2D eigenvalue weighted by Crippen LogP contribution is -2.57. The maximum atomic E-state index is 12.6. The van der Waals surface area contributed by atoms with Gasteiger partial charge in [0.1, 0.15) is 6.54 Å². The smallest absolute Gasteiger partial charge is 0.311 e. The standard InChI is InChI=1S/C14H17N2O2/c17-13-11-5-1-2-6-12(11)14(18)16(13)9-4-3-7-15-8-10-16/h1-2,5-6,15H,3-4,7-10H2/q+1. The molecule has 0 bridgehead atoms. The van der Waals surface area contributed by atoms with Crippen LogP contribution in [0.15, 0.2) is 24.3 Å². The van der Waals surface area contributed by atoms with Gasteiger partial charge in [-0.1, -0.05) is 12.1 Å². The Labute approximate surface area is 106 Å². The number of nitrogens with zero attached hydrogens (tertiary/aromatic N) is 1. The summed E-state index contributed by atoms with van der Waals surface area (Å²) in [6.07, 6.45) is 1.94. The van der Waals surface area contributed by atoms with Crippen molar-refractivity contribution in [1.82, 2.24) is 5.32 Å². The molecule has 1 aromatic rings. The number of quaternary nitrogens is 1. The first-order chi connectivity index (χ1) is 8.76. The Kier molecular flexibility index (Phi) is 2.76. The molecule has 0 saturated carbocycles. The highest BCUT2D eigenvalue weighted by molar-refractivity contribution is 6.13. The van der Waals surface area contributed by atoms with Crippen molar-refractivity contribution in [3.63, 3.8) is 0 Å². The second kappa shape index (κ2) is 4.30. The van der Waals surface area contributed by atoms with Crippen molar-refractivity contribution in [2.45, 2.75) is 12.8 Å². The predicted octanol–water partition coefficient (Wildman–Crippen LogP) is 1.18. The van der Waals surface area contributed by atoms with Crippen LogP contribution in [0.3, 0.4) is 0 Å². The fourth-order valence-electron chi connectivity index (χ4n) is 2.95. The van der Waals surface area contributed by atoms with Crippen LogP contribution < -0.4 is 5.32 Å². The SMILES string of the molecule is O=C1c2ccccc2C(=O)[N+]12CCCCNCC2. The molecule has 2 amide bonds. The van der Waals surface area contributed by atoms with E-state index in [4.69, 9.17) is 0 Å². The molecule has 1 aromatic carbocycles. The van der Waals surface area contributed by atoms with Crippen LogP contribution in [0.2, 0.25) is 0 Å². The number of hydrogen-bond acceptors (Lipinski definition) is 3. The molecule has 0 unspecified atom stereocenters. The highest BCUT2D eigenvalue weighted by Gasteiger charge is 2.52. The number of benzene rings is 1. The van der Waals surface area contributed by atoms with Crippen molar-refractivity contribution < 1.29 is 14.1 Å². The third kappa shape index (κ3) is 1.53. The van der Waals surface area contributed by atoms with Gasteiger partial charge in [-0.25, -0.2) is 9.59 Å². The molecule has 4 nitrogen and oxygen atoms in total. The van der Waals surface area contributed by atoms with Gasteiger partial charge in [0.25, 0.3) is 0 Å². The highest BCUT2D eigenvalue weighted by Crippen LogP contribution is 2.30. The number of rotatable bonds is 0. The average Bonchev–Trinajstić information content (AvgIpc) is 2.57. The summed E-state index contributed by atoms with van der Waals surface area (Å²) in [6.45, 7) is 2.93. The van der Waals surface area contributed by atoms with Crippen LogP contribution >= 0.6 is 0 Å². The molecule has 4 heteroatoms. The Bertz CT molecular complexity index is 465. The first kappa shape index (κ1) is 11.6. The van der Waals surface area contributed by atoms with E-state index < -0.39 is 0 Å². The van der Waals surface area contributed by atoms with Gasteiger partial charge in [0.05, 0.1) is 17.7 Å². The van der Waals surface area contributed by atoms with Crippen LogP contribution in [0.5, 0.6) is 0 Å². The van der Waals surface area contributed by atoms with Crippen LogP contribution in [-0.2, 0) is 0 Å². The van der Waals surface area contributed by atoms with Crippen molar-refractivity contribution >= 4 is 11.8 Å². The van der Waals surface area contributed by atoms with Crippen LogP contribution in [0.25, 0.3) is 0 Å². The normalized spacial score (nSPS) is 22.7. The molecule has 0 aromatic heterocycles. The minimum Gasteiger partial charge on any atom is -0.311 e. The van der Waals surface area contributed by atoms with Gasteiger partial charge in [0.15, 0.2) is 0 Å². The second-order valence-electron chi connectivity index (χ2n) is 5.03. The molecule has 2 heterocycles. The predicted molar refractivity (Wildman–Crippen MR) is 67.2 cm³/mol. The van der Waals surface area contributed by atoms with Gasteiger partial charge in [0, 0.05) is 6.54 Å². The minimum atomic E-state index is -0.0145. The van der Waals surface area contributed by atoms with E-state index >= 15 is 0 Å². The molecule has 0 atom stereocenters. The van der Waals surface area contributed by atoms with Gasteiger partial charge in [-0.3, -0.25) is 0 Å². The Morgan fingerprint density at radius 1 is 0.889 bits per heavy atom. The number of nitrogens with one attached hydrogen (secondary N) is 1. The molecule has 1 spiro atoms. The summed E-state index contributed by atoms with van der Waals surface area (Å²) >= 11 is 0. The maximum Gasteiger partial charge on any atom is 0.354 e. The lowest BCUT2D eigenvalue weighted by atomic mass is 10.1. The van der Waals surface area contributed by atoms with Crippen LogP contribution in [0.4, 0.5) is 0 Å². The Morgan fingerprint density at radius 3 is 2.22 bits per heavy atom. The van der Waals surface area contributed by atoms with Crippen molar-refractivity contribution in [2.75, 3.05) is 26.2 Å². The third-order valence-electron chi connectivity index (χ3n) is 3.98. The zero-order valence-electron chi connectivity index (χ0n) is 10.3. The summed E-state index contributed by atoms with van der Waals surface area (Å²) in [5.74, 6) is -0.0291. The van der Waals surface area contributed by atoms with E-state index in [9.17, 15) is 9.59 Å². The van der Waals surface area contributed by atoms with Gasteiger partial charge in [0.2, 0.25) is 0 Å². The monoisotopic (exact) mass is 245 g/mol. The summed E-state index contributed by atoms with van der Waals surface area (Å²) < 4.78 is -0.00759. The molecule has 2 aliphatic rings. The van der Waals surface area contributed by atoms with Gasteiger partial charge >= 0.3 is 11.8 Å². The molecule has 0 aliphatic carbocycles. The van der Waals surface area contributed by atoms with Gasteiger partial charge in [-0.2, -0.15) is 4.48 Å². The Morgan fingerprint density at radius 2 is 1.56 bits per heavy atom. The quantitative estimate of drug-likeness (QED) is 0.551. The van der Waals surface area contributed by atoms with Crippen molar-refractivity contribution in [3.8, 4) is 0 Å². The van der Waals surface area contributed by atoms with Gasteiger partial charge < -0.3 is 5.32 Å². The molecule has 1 N–H and O–H groups in total. The first-order valence-electron chi connectivity index (χ1n) is 6.52. The molecule has 18 heavy (non-hydrogen) atoms. The second-order valence-corrected chi connectivity index (χ2v) is 5.03. The minimum absolute atomic E-state index is 0.00759. The summed E-state index contributed by atoms with van der Waals surface area (Å²) in [5, 5.41) is 3.29. The molecule has 2 aliphatic heterocycles. The number of hydrogen-bond donors (Lipinski definition) is 1. The number of carbonyl (C=O) groups excluding carboxylic acids is 2. The highest BCUT2D eigenvalue weighted by atomic mass is 16.2. The van der Waals surface area contributed by atoms with Crippen LogP contribution in [0, 0.1) is 0 Å². The molecule has 0 radical (unpaired) electrons. The molecule has 3 rings (SSSR count). The van der Waals surface area contributed by atoms with Crippen molar-refractivity contribution in [3.05, 3.63) is 35.4 Å².